The van der Waals surface area contributed by atoms with Crippen LogP contribution in [0, 0.1) is 11.3 Å². The Labute approximate surface area is 61.9 Å². The van der Waals surface area contributed by atoms with E-state index < -0.39 is 0 Å². The summed E-state index contributed by atoms with van der Waals surface area (Å²) in [6.45, 7) is 0. The van der Waals surface area contributed by atoms with Gasteiger partial charge in [-0.25, -0.2) is 14.5 Å². The molecule has 0 unspecified atom stereocenters. The minimum atomic E-state index is 0.296. The molecule has 0 atom stereocenters. The van der Waals surface area contributed by atoms with Gasteiger partial charge in [0.25, 0.3) is 0 Å². The quantitative estimate of drug-likeness (QED) is 0.523. The van der Waals surface area contributed by atoms with Crippen LogP contribution in [0.1, 0.15) is 5.69 Å². The van der Waals surface area contributed by atoms with Gasteiger partial charge in [-0.15, -0.1) is 0 Å². The number of hydrogen-bond donors (Lipinski definition) is 0. The van der Waals surface area contributed by atoms with Crippen LogP contribution in [-0.4, -0.2) is 19.6 Å². The van der Waals surface area contributed by atoms with Gasteiger partial charge in [0.15, 0.2) is 11.3 Å². The van der Waals surface area contributed by atoms with Gasteiger partial charge >= 0.3 is 0 Å². The SMILES string of the molecule is N#Cc1nccn2ncnc12. The standard InChI is InChI=1S/C6H3N5/c7-3-5-6-9-4-10-11(6)2-1-8-5/h1-2,4H. The first-order valence-corrected chi connectivity index (χ1v) is 2.96. The summed E-state index contributed by atoms with van der Waals surface area (Å²) in [6, 6.07) is 1.92. The molecule has 11 heavy (non-hydrogen) atoms. The molecular formula is C6H3N5. The van der Waals surface area contributed by atoms with Crippen molar-refractivity contribution in [2.24, 2.45) is 0 Å². The first-order valence-electron chi connectivity index (χ1n) is 2.96. The Morgan fingerprint density at radius 3 is 3.18 bits per heavy atom. The van der Waals surface area contributed by atoms with Crippen molar-refractivity contribution in [1.82, 2.24) is 19.6 Å². The second kappa shape index (κ2) is 2.02. The molecule has 0 aromatic carbocycles. The number of nitrogens with zero attached hydrogens (tertiary/aromatic N) is 5. The van der Waals surface area contributed by atoms with Crippen molar-refractivity contribution in [3.05, 3.63) is 24.4 Å². The summed E-state index contributed by atoms with van der Waals surface area (Å²) in [5.74, 6) is 0. The molecule has 0 radical (unpaired) electrons. The number of aromatic nitrogens is 4. The zero-order valence-electron chi connectivity index (χ0n) is 5.47. The average molecular weight is 145 g/mol. The smallest absolute Gasteiger partial charge is 0.192 e. The molecule has 0 amide bonds. The Bertz CT molecular complexity index is 424. The predicted molar refractivity (Wildman–Crippen MR) is 35.5 cm³/mol. The topological polar surface area (TPSA) is 66.9 Å². The lowest BCUT2D eigenvalue weighted by Crippen LogP contribution is -1.92. The fourth-order valence-corrected chi connectivity index (χ4v) is 0.836. The van der Waals surface area contributed by atoms with E-state index >= 15 is 0 Å². The highest BCUT2D eigenvalue weighted by Gasteiger charge is 2.01. The summed E-state index contributed by atoms with van der Waals surface area (Å²) in [5, 5.41) is 12.4. The van der Waals surface area contributed by atoms with Gasteiger partial charge in [-0.1, -0.05) is 0 Å². The van der Waals surface area contributed by atoms with Gasteiger partial charge in [0.2, 0.25) is 0 Å². The van der Waals surface area contributed by atoms with Gasteiger partial charge in [-0.2, -0.15) is 10.4 Å². The zero-order chi connectivity index (χ0) is 7.68. The molecule has 0 spiro atoms. The first kappa shape index (κ1) is 5.80. The van der Waals surface area contributed by atoms with Crippen LogP contribution >= 0.6 is 0 Å². The third kappa shape index (κ3) is 0.730. The molecule has 2 aromatic heterocycles. The van der Waals surface area contributed by atoms with Gasteiger partial charge in [0, 0.05) is 12.4 Å². The van der Waals surface area contributed by atoms with Crippen molar-refractivity contribution in [3.8, 4) is 6.07 Å². The highest BCUT2D eigenvalue weighted by molar-refractivity contribution is 5.48. The molecule has 2 rings (SSSR count). The summed E-state index contributed by atoms with van der Waals surface area (Å²) in [4.78, 5) is 7.67. The van der Waals surface area contributed by atoms with Crippen LogP contribution in [0.4, 0.5) is 0 Å². The zero-order valence-corrected chi connectivity index (χ0v) is 5.47. The van der Waals surface area contributed by atoms with E-state index in [1.165, 1.54) is 17.0 Å². The van der Waals surface area contributed by atoms with Gasteiger partial charge in [-0.05, 0) is 0 Å². The molecule has 5 heteroatoms. The second-order valence-electron chi connectivity index (χ2n) is 1.92. The normalized spacial score (nSPS) is 9.73. The lowest BCUT2D eigenvalue weighted by molar-refractivity contribution is 0.941. The van der Waals surface area contributed by atoms with E-state index in [2.05, 4.69) is 15.1 Å². The van der Waals surface area contributed by atoms with E-state index in [1.54, 1.807) is 6.20 Å². The van der Waals surface area contributed by atoms with Crippen molar-refractivity contribution in [2.45, 2.75) is 0 Å². The molecule has 0 bridgehead atoms. The number of fused-ring (bicyclic) bond motifs is 1. The van der Waals surface area contributed by atoms with Crippen LogP contribution in [0.3, 0.4) is 0 Å². The lowest BCUT2D eigenvalue weighted by atomic mass is 10.5. The fourth-order valence-electron chi connectivity index (χ4n) is 0.836. The van der Waals surface area contributed by atoms with Crippen LogP contribution in [0.5, 0.6) is 0 Å². The summed E-state index contributed by atoms with van der Waals surface area (Å²) >= 11 is 0. The highest BCUT2D eigenvalue weighted by Crippen LogP contribution is 1.99. The molecule has 0 fully saturated rings. The monoisotopic (exact) mass is 145 g/mol. The summed E-state index contributed by atoms with van der Waals surface area (Å²) in [6.07, 6.45) is 4.54. The van der Waals surface area contributed by atoms with Gasteiger partial charge in [-0.3, -0.25) is 0 Å². The van der Waals surface area contributed by atoms with E-state index in [1.807, 2.05) is 6.07 Å². The Kier molecular flexibility index (Phi) is 1.07. The Hall–Kier alpha value is -1.96. The van der Waals surface area contributed by atoms with Gasteiger partial charge in [0.1, 0.15) is 12.4 Å². The third-order valence-corrected chi connectivity index (χ3v) is 1.30. The largest absolute Gasteiger partial charge is 0.240 e. The van der Waals surface area contributed by atoms with E-state index in [-0.39, 0.29) is 0 Å². The third-order valence-electron chi connectivity index (χ3n) is 1.30. The molecule has 0 saturated heterocycles. The van der Waals surface area contributed by atoms with Gasteiger partial charge in [0.05, 0.1) is 0 Å². The Morgan fingerprint density at radius 2 is 2.36 bits per heavy atom. The molecule has 0 aliphatic carbocycles. The van der Waals surface area contributed by atoms with Crippen LogP contribution in [0.25, 0.3) is 5.65 Å². The number of nitriles is 1. The van der Waals surface area contributed by atoms with Crippen molar-refractivity contribution < 1.29 is 0 Å². The minimum absolute atomic E-state index is 0.296. The molecular weight excluding hydrogens is 142 g/mol. The predicted octanol–water partition coefficient (Wildman–Crippen LogP) is -0.00402. The van der Waals surface area contributed by atoms with E-state index in [4.69, 9.17) is 5.26 Å². The van der Waals surface area contributed by atoms with E-state index in [0.717, 1.165) is 0 Å². The molecule has 2 aromatic rings. The number of rotatable bonds is 0. The molecule has 5 nitrogen and oxygen atoms in total. The maximum absolute atomic E-state index is 8.56. The molecule has 2 heterocycles. The summed E-state index contributed by atoms with van der Waals surface area (Å²) < 4.78 is 1.51. The van der Waals surface area contributed by atoms with E-state index in [0.29, 0.717) is 11.3 Å². The van der Waals surface area contributed by atoms with Crippen molar-refractivity contribution in [1.29, 1.82) is 5.26 Å². The minimum Gasteiger partial charge on any atom is -0.240 e. The Balaban J connectivity index is 2.92. The van der Waals surface area contributed by atoms with Crippen LogP contribution in [0.15, 0.2) is 18.7 Å². The average Bonchev–Trinajstić information content (AvgIpc) is 2.50. The van der Waals surface area contributed by atoms with E-state index in [9.17, 15) is 0 Å². The maximum atomic E-state index is 8.56. The molecule has 0 N–H and O–H groups in total. The maximum Gasteiger partial charge on any atom is 0.192 e. The molecule has 0 aliphatic rings. The van der Waals surface area contributed by atoms with Crippen LogP contribution < -0.4 is 0 Å². The molecule has 0 saturated carbocycles. The molecule has 52 valence electrons. The number of hydrogen-bond acceptors (Lipinski definition) is 4. The highest BCUT2D eigenvalue weighted by atomic mass is 15.3. The second-order valence-corrected chi connectivity index (χ2v) is 1.92. The lowest BCUT2D eigenvalue weighted by Gasteiger charge is -1.89. The summed E-state index contributed by atoms with van der Waals surface area (Å²) in [5.41, 5.74) is 0.792. The first-order chi connectivity index (χ1) is 5.42. The fraction of sp³-hybridized carbons (Fsp3) is 0. The van der Waals surface area contributed by atoms with Crippen molar-refractivity contribution in [2.75, 3.05) is 0 Å². The van der Waals surface area contributed by atoms with Gasteiger partial charge < -0.3 is 0 Å². The van der Waals surface area contributed by atoms with Crippen molar-refractivity contribution >= 4 is 5.65 Å². The molecule has 0 aliphatic heterocycles. The van der Waals surface area contributed by atoms with Crippen LogP contribution in [-0.2, 0) is 0 Å². The van der Waals surface area contributed by atoms with Crippen LogP contribution in [0.2, 0.25) is 0 Å². The summed E-state index contributed by atoms with van der Waals surface area (Å²) in [7, 11) is 0. The Morgan fingerprint density at radius 1 is 1.45 bits per heavy atom. The van der Waals surface area contributed by atoms with Crippen molar-refractivity contribution in [3.63, 3.8) is 0 Å².